The number of carbonyl (C=O) groups is 1. The molecule has 30 heavy (non-hydrogen) atoms. The molecular weight excluding hydrogens is 376 g/mol. The SMILES string of the molecule is Cc1ccc([C@@H](C)NC(=O)CN2CCC[C@H]2c2ccc3c(c2)OCCCO3)cc1C. The van der Waals surface area contributed by atoms with E-state index in [0.29, 0.717) is 19.8 Å². The topological polar surface area (TPSA) is 50.8 Å². The van der Waals surface area contributed by atoms with Gasteiger partial charge in [0.1, 0.15) is 0 Å². The quantitative estimate of drug-likeness (QED) is 0.793. The Labute approximate surface area is 179 Å². The van der Waals surface area contributed by atoms with Crippen molar-refractivity contribution in [3.8, 4) is 11.5 Å². The van der Waals surface area contributed by atoms with Gasteiger partial charge in [-0.25, -0.2) is 0 Å². The number of hydrogen-bond donors (Lipinski definition) is 1. The van der Waals surface area contributed by atoms with Crippen LogP contribution in [0.2, 0.25) is 0 Å². The van der Waals surface area contributed by atoms with E-state index in [1.807, 2.05) is 13.0 Å². The maximum Gasteiger partial charge on any atom is 0.234 e. The summed E-state index contributed by atoms with van der Waals surface area (Å²) < 4.78 is 11.6. The third-order valence-electron chi connectivity index (χ3n) is 6.28. The number of nitrogens with zero attached hydrogens (tertiary/aromatic N) is 1. The average molecular weight is 409 g/mol. The molecule has 0 aliphatic carbocycles. The summed E-state index contributed by atoms with van der Waals surface area (Å²) >= 11 is 0. The van der Waals surface area contributed by atoms with Crippen LogP contribution >= 0.6 is 0 Å². The van der Waals surface area contributed by atoms with Crippen molar-refractivity contribution in [3.05, 3.63) is 58.7 Å². The highest BCUT2D eigenvalue weighted by Crippen LogP contribution is 2.37. The van der Waals surface area contributed by atoms with Crippen molar-refractivity contribution in [2.24, 2.45) is 0 Å². The Morgan fingerprint density at radius 1 is 1.07 bits per heavy atom. The summed E-state index contributed by atoms with van der Waals surface area (Å²) in [5.74, 6) is 1.72. The van der Waals surface area contributed by atoms with Crippen LogP contribution in [-0.4, -0.2) is 37.1 Å². The van der Waals surface area contributed by atoms with Crippen molar-refractivity contribution in [3.63, 3.8) is 0 Å². The van der Waals surface area contributed by atoms with Crippen LogP contribution < -0.4 is 14.8 Å². The van der Waals surface area contributed by atoms with Gasteiger partial charge in [0, 0.05) is 12.5 Å². The molecular formula is C25H32N2O3. The monoisotopic (exact) mass is 408 g/mol. The molecule has 0 unspecified atom stereocenters. The molecule has 5 heteroatoms. The summed E-state index contributed by atoms with van der Waals surface area (Å²) in [5, 5.41) is 3.17. The molecule has 0 spiro atoms. The number of likely N-dealkylation sites (tertiary alicyclic amines) is 1. The lowest BCUT2D eigenvalue weighted by atomic mass is 10.0. The minimum absolute atomic E-state index is 0.00380. The zero-order chi connectivity index (χ0) is 21.1. The Morgan fingerprint density at radius 2 is 1.87 bits per heavy atom. The average Bonchev–Trinajstić information content (AvgIpc) is 3.05. The zero-order valence-corrected chi connectivity index (χ0v) is 18.2. The number of carbonyl (C=O) groups excluding carboxylic acids is 1. The largest absolute Gasteiger partial charge is 0.490 e. The standard InChI is InChI=1S/C25H32N2O3/c1-17-7-8-20(14-18(17)2)19(3)26-25(28)16-27-11-4-6-22(27)21-9-10-23-24(15-21)30-13-5-12-29-23/h7-10,14-15,19,22H,4-6,11-13,16H2,1-3H3,(H,26,28)/t19-,22+/m1/s1. The second-order valence-electron chi connectivity index (χ2n) is 8.52. The molecule has 2 atom stereocenters. The van der Waals surface area contributed by atoms with Crippen LogP contribution in [-0.2, 0) is 4.79 Å². The molecule has 1 fully saturated rings. The van der Waals surface area contributed by atoms with E-state index >= 15 is 0 Å². The fourth-order valence-electron chi connectivity index (χ4n) is 4.37. The van der Waals surface area contributed by atoms with Crippen LogP contribution in [0.1, 0.15) is 60.5 Å². The van der Waals surface area contributed by atoms with Gasteiger partial charge in [0.15, 0.2) is 11.5 Å². The molecule has 0 aromatic heterocycles. The van der Waals surface area contributed by atoms with E-state index in [-0.39, 0.29) is 18.0 Å². The summed E-state index contributed by atoms with van der Waals surface area (Å²) in [6.45, 7) is 8.99. The molecule has 0 saturated carbocycles. The number of fused-ring (bicyclic) bond motifs is 1. The number of nitrogens with one attached hydrogen (secondary N) is 1. The Bertz CT molecular complexity index is 911. The lowest BCUT2D eigenvalue weighted by molar-refractivity contribution is -0.123. The van der Waals surface area contributed by atoms with Crippen LogP contribution in [0.25, 0.3) is 0 Å². The zero-order valence-electron chi connectivity index (χ0n) is 18.2. The summed E-state index contributed by atoms with van der Waals surface area (Å²) in [4.78, 5) is 15.1. The lowest BCUT2D eigenvalue weighted by Gasteiger charge is -2.26. The first-order valence-electron chi connectivity index (χ1n) is 11.0. The molecule has 2 aromatic carbocycles. The van der Waals surface area contributed by atoms with Gasteiger partial charge in [-0.15, -0.1) is 0 Å². The number of hydrogen-bond acceptors (Lipinski definition) is 4. The fourth-order valence-corrected chi connectivity index (χ4v) is 4.37. The molecule has 2 aliphatic heterocycles. The number of aryl methyl sites for hydroxylation is 2. The minimum atomic E-state index is -0.00380. The van der Waals surface area contributed by atoms with E-state index in [4.69, 9.17) is 9.47 Å². The highest BCUT2D eigenvalue weighted by atomic mass is 16.5. The molecule has 2 aliphatic rings. The van der Waals surface area contributed by atoms with Crippen molar-refractivity contribution in [2.45, 2.75) is 52.1 Å². The summed E-state index contributed by atoms with van der Waals surface area (Å²) in [6.07, 6.45) is 3.05. The predicted molar refractivity (Wildman–Crippen MR) is 118 cm³/mol. The Balaban J connectivity index is 1.40. The van der Waals surface area contributed by atoms with E-state index in [1.54, 1.807) is 0 Å². The second kappa shape index (κ2) is 9.09. The normalized spacial score (nSPS) is 19.9. The van der Waals surface area contributed by atoms with Crippen molar-refractivity contribution >= 4 is 5.91 Å². The fraction of sp³-hybridized carbons (Fsp3) is 0.480. The van der Waals surface area contributed by atoms with E-state index in [0.717, 1.165) is 42.9 Å². The first-order chi connectivity index (χ1) is 14.5. The Kier molecular flexibility index (Phi) is 6.28. The van der Waals surface area contributed by atoms with Crippen LogP contribution in [0.15, 0.2) is 36.4 Å². The summed E-state index contributed by atoms with van der Waals surface area (Å²) in [7, 11) is 0. The van der Waals surface area contributed by atoms with Crippen LogP contribution in [0, 0.1) is 13.8 Å². The van der Waals surface area contributed by atoms with Crippen LogP contribution in [0.4, 0.5) is 0 Å². The Hall–Kier alpha value is -2.53. The van der Waals surface area contributed by atoms with Crippen molar-refractivity contribution < 1.29 is 14.3 Å². The van der Waals surface area contributed by atoms with Gasteiger partial charge in [0.05, 0.1) is 25.8 Å². The third kappa shape index (κ3) is 4.62. The summed E-state index contributed by atoms with van der Waals surface area (Å²) in [5.41, 5.74) is 4.87. The van der Waals surface area contributed by atoms with Crippen LogP contribution in [0.5, 0.6) is 11.5 Å². The van der Waals surface area contributed by atoms with Gasteiger partial charge in [-0.2, -0.15) is 0 Å². The van der Waals surface area contributed by atoms with E-state index < -0.39 is 0 Å². The van der Waals surface area contributed by atoms with Crippen molar-refractivity contribution in [1.29, 1.82) is 0 Å². The van der Waals surface area contributed by atoms with Gasteiger partial charge in [-0.3, -0.25) is 9.69 Å². The van der Waals surface area contributed by atoms with E-state index in [2.05, 4.69) is 54.4 Å². The molecule has 1 saturated heterocycles. The molecule has 2 aromatic rings. The van der Waals surface area contributed by atoms with Gasteiger partial charge < -0.3 is 14.8 Å². The van der Waals surface area contributed by atoms with Crippen molar-refractivity contribution in [1.82, 2.24) is 10.2 Å². The smallest absolute Gasteiger partial charge is 0.234 e. The van der Waals surface area contributed by atoms with Gasteiger partial charge in [-0.1, -0.05) is 24.3 Å². The predicted octanol–water partition coefficient (Wildman–Crippen LogP) is 4.48. The molecule has 0 bridgehead atoms. The second-order valence-corrected chi connectivity index (χ2v) is 8.52. The van der Waals surface area contributed by atoms with Gasteiger partial charge in [0.2, 0.25) is 5.91 Å². The highest BCUT2D eigenvalue weighted by Gasteiger charge is 2.29. The van der Waals surface area contributed by atoms with E-state index in [9.17, 15) is 4.79 Å². The van der Waals surface area contributed by atoms with Crippen molar-refractivity contribution in [2.75, 3.05) is 26.3 Å². The maximum atomic E-state index is 12.8. The molecule has 2 heterocycles. The molecule has 0 radical (unpaired) electrons. The minimum Gasteiger partial charge on any atom is -0.490 e. The van der Waals surface area contributed by atoms with Gasteiger partial charge >= 0.3 is 0 Å². The molecule has 1 N–H and O–H groups in total. The maximum absolute atomic E-state index is 12.8. The highest BCUT2D eigenvalue weighted by molar-refractivity contribution is 5.78. The third-order valence-corrected chi connectivity index (χ3v) is 6.28. The van der Waals surface area contributed by atoms with Crippen LogP contribution in [0.3, 0.4) is 0 Å². The summed E-state index contributed by atoms with van der Waals surface area (Å²) in [6, 6.07) is 12.8. The first kappa shape index (κ1) is 20.7. The van der Waals surface area contributed by atoms with Gasteiger partial charge in [0.25, 0.3) is 0 Å². The number of benzene rings is 2. The number of ether oxygens (including phenoxy) is 2. The first-order valence-corrected chi connectivity index (χ1v) is 11.0. The molecule has 5 nitrogen and oxygen atoms in total. The lowest BCUT2D eigenvalue weighted by Crippen LogP contribution is -2.38. The van der Waals surface area contributed by atoms with Gasteiger partial charge in [-0.05, 0) is 74.5 Å². The molecule has 1 amide bonds. The Morgan fingerprint density at radius 3 is 2.67 bits per heavy atom. The number of rotatable bonds is 5. The molecule has 4 rings (SSSR count). The molecule has 160 valence electrons. The number of amides is 1. The van der Waals surface area contributed by atoms with E-state index in [1.165, 1.54) is 16.7 Å².